The molecule has 0 amide bonds. The van der Waals surface area contributed by atoms with Crippen molar-refractivity contribution >= 4 is 11.9 Å². The third-order valence-electron chi connectivity index (χ3n) is 3.76. The minimum Gasteiger partial charge on any atom is -0.496 e. The molecule has 3 rings (SSSR count). The van der Waals surface area contributed by atoms with Gasteiger partial charge in [-0.3, -0.25) is 4.79 Å². The van der Waals surface area contributed by atoms with Crippen molar-refractivity contribution in [2.24, 2.45) is 0 Å². The minimum absolute atomic E-state index is 0.128. The molecule has 2 aromatic carbocycles. The van der Waals surface area contributed by atoms with Crippen molar-refractivity contribution in [1.29, 1.82) is 0 Å². The van der Waals surface area contributed by atoms with Gasteiger partial charge in [-0.2, -0.15) is 0 Å². The van der Waals surface area contributed by atoms with Crippen molar-refractivity contribution in [3.8, 4) is 17.2 Å². The zero-order valence-electron chi connectivity index (χ0n) is 13.4. The second kappa shape index (κ2) is 6.16. The molecule has 0 fully saturated rings. The number of benzene rings is 2. The molecule has 23 heavy (non-hydrogen) atoms. The molecule has 2 aromatic rings. The molecule has 4 nitrogen and oxygen atoms in total. The Bertz CT molecular complexity index is 790. The molecule has 4 heteroatoms. The molecular weight excluding hydrogens is 292 g/mol. The van der Waals surface area contributed by atoms with Gasteiger partial charge in [0.1, 0.15) is 17.2 Å². The first-order chi connectivity index (χ1) is 11.2. The zero-order chi connectivity index (χ0) is 16.4. The summed E-state index contributed by atoms with van der Waals surface area (Å²) in [5.41, 5.74) is 2.19. The Balaban J connectivity index is 2.01. The van der Waals surface area contributed by atoms with Crippen molar-refractivity contribution in [2.45, 2.75) is 13.8 Å². The molecule has 0 unspecified atom stereocenters. The number of allylic oxidation sites excluding steroid dienone is 1. The largest absolute Gasteiger partial charge is 0.496 e. The molecular formula is C19H18O4. The van der Waals surface area contributed by atoms with Gasteiger partial charge in [-0.15, -0.1) is 0 Å². The highest BCUT2D eigenvalue weighted by molar-refractivity contribution is 6.15. The van der Waals surface area contributed by atoms with Gasteiger partial charge in [-0.1, -0.05) is 18.2 Å². The highest BCUT2D eigenvalue weighted by Gasteiger charge is 2.30. The van der Waals surface area contributed by atoms with Crippen molar-refractivity contribution in [1.82, 2.24) is 0 Å². The normalized spacial score (nSPS) is 14.6. The predicted octanol–water partition coefficient (Wildman–Crippen LogP) is 4.02. The molecule has 1 heterocycles. The summed E-state index contributed by atoms with van der Waals surface area (Å²) in [6.45, 7) is 4.36. The molecule has 0 bridgehead atoms. The number of carbonyl (C=O) groups is 1. The molecule has 0 radical (unpaired) electrons. The predicted molar refractivity (Wildman–Crippen MR) is 88.3 cm³/mol. The van der Waals surface area contributed by atoms with Gasteiger partial charge in [-0.05, 0) is 38.1 Å². The van der Waals surface area contributed by atoms with Crippen molar-refractivity contribution in [3.05, 3.63) is 58.8 Å². The second-order valence-electron chi connectivity index (χ2n) is 5.18. The minimum atomic E-state index is -0.128. The summed E-state index contributed by atoms with van der Waals surface area (Å²) in [5, 5.41) is 0. The highest BCUT2D eigenvalue weighted by atomic mass is 16.5. The summed E-state index contributed by atoms with van der Waals surface area (Å²) in [7, 11) is 1.60. The average molecular weight is 310 g/mol. The van der Waals surface area contributed by atoms with Crippen LogP contribution in [0.4, 0.5) is 0 Å². The Labute approximate surface area is 135 Å². The van der Waals surface area contributed by atoms with Crippen LogP contribution in [0.15, 0.2) is 42.2 Å². The number of methoxy groups -OCH3 is 1. The summed E-state index contributed by atoms with van der Waals surface area (Å²) in [6, 6.07) is 11.1. The maximum absolute atomic E-state index is 12.5. The number of ether oxygens (including phenoxy) is 3. The Morgan fingerprint density at radius 1 is 1.13 bits per heavy atom. The van der Waals surface area contributed by atoms with Crippen LogP contribution >= 0.6 is 0 Å². The van der Waals surface area contributed by atoms with E-state index in [0.717, 1.165) is 16.9 Å². The van der Waals surface area contributed by atoms with E-state index in [-0.39, 0.29) is 5.78 Å². The Morgan fingerprint density at radius 2 is 1.91 bits per heavy atom. The lowest BCUT2D eigenvalue weighted by Gasteiger charge is -2.08. The lowest BCUT2D eigenvalue weighted by Crippen LogP contribution is -1.99. The van der Waals surface area contributed by atoms with E-state index in [1.165, 1.54) is 0 Å². The molecule has 0 aliphatic carbocycles. The Kier molecular flexibility index (Phi) is 4.06. The maximum atomic E-state index is 12.5. The van der Waals surface area contributed by atoms with E-state index in [2.05, 4.69) is 0 Å². The monoisotopic (exact) mass is 310 g/mol. The van der Waals surface area contributed by atoms with Crippen LogP contribution in [0, 0.1) is 6.92 Å². The molecule has 0 spiro atoms. The molecule has 0 saturated carbocycles. The molecule has 1 aliphatic heterocycles. The van der Waals surface area contributed by atoms with Gasteiger partial charge in [0.15, 0.2) is 5.76 Å². The van der Waals surface area contributed by atoms with Crippen LogP contribution in [0.2, 0.25) is 0 Å². The Hall–Kier alpha value is -2.75. The standard InChI is InChI=1S/C19H18O4/c1-4-22-16-8-6-5-7-13(16)11-17-18(20)14-9-10-15(21-3)12(2)19(14)23-17/h5-11H,4H2,1-3H3/b17-11-. The number of ketones is 1. The van der Waals surface area contributed by atoms with Gasteiger partial charge in [0.2, 0.25) is 5.78 Å². The van der Waals surface area contributed by atoms with Crippen LogP contribution in [0.5, 0.6) is 17.2 Å². The number of carbonyl (C=O) groups excluding carboxylic acids is 1. The topological polar surface area (TPSA) is 44.8 Å². The molecule has 1 aliphatic rings. The van der Waals surface area contributed by atoms with Gasteiger partial charge in [0.05, 0.1) is 19.3 Å². The Morgan fingerprint density at radius 3 is 2.65 bits per heavy atom. The molecule has 0 aromatic heterocycles. The zero-order valence-corrected chi connectivity index (χ0v) is 13.4. The van der Waals surface area contributed by atoms with Crippen LogP contribution in [-0.4, -0.2) is 19.5 Å². The lowest BCUT2D eigenvalue weighted by molar-refractivity contribution is 0.101. The van der Waals surface area contributed by atoms with Gasteiger partial charge in [0, 0.05) is 11.1 Å². The van der Waals surface area contributed by atoms with E-state index in [1.807, 2.05) is 38.1 Å². The first-order valence-corrected chi connectivity index (χ1v) is 7.49. The third-order valence-corrected chi connectivity index (χ3v) is 3.76. The number of para-hydroxylation sites is 1. The number of rotatable bonds is 4. The van der Waals surface area contributed by atoms with Crippen molar-refractivity contribution in [3.63, 3.8) is 0 Å². The first-order valence-electron chi connectivity index (χ1n) is 7.49. The number of hydrogen-bond donors (Lipinski definition) is 0. The summed E-state index contributed by atoms with van der Waals surface area (Å²) >= 11 is 0. The van der Waals surface area contributed by atoms with E-state index in [4.69, 9.17) is 14.2 Å². The molecule has 0 saturated heterocycles. The average Bonchev–Trinajstić information content (AvgIpc) is 2.87. The van der Waals surface area contributed by atoms with Crippen LogP contribution in [0.3, 0.4) is 0 Å². The maximum Gasteiger partial charge on any atom is 0.231 e. The molecule has 0 atom stereocenters. The summed E-state index contributed by atoms with van der Waals surface area (Å²) in [4.78, 5) is 12.5. The molecule has 118 valence electrons. The number of fused-ring (bicyclic) bond motifs is 1. The van der Waals surface area contributed by atoms with Gasteiger partial charge in [0.25, 0.3) is 0 Å². The van der Waals surface area contributed by atoms with E-state index < -0.39 is 0 Å². The summed E-state index contributed by atoms with van der Waals surface area (Å²) < 4.78 is 16.7. The van der Waals surface area contributed by atoms with E-state index in [9.17, 15) is 4.79 Å². The van der Waals surface area contributed by atoms with Gasteiger partial charge in [-0.25, -0.2) is 0 Å². The van der Waals surface area contributed by atoms with Gasteiger partial charge < -0.3 is 14.2 Å². The smallest absolute Gasteiger partial charge is 0.231 e. The second-order valence-corrected chi connectivity index (χ2v) is 5.18. The fourth-order valence-electron chi connectivity index (χ4n) is 2.62. The SMILES string of the molecule is CCOc1ccccc1/C=C1\Oc2c(ccc(OC)c2C)C1=O. The van der Waals surface area contributed by atoms with E-state index >= 15 is 0 Å². The van der Waals surface area contributed by atoms with E-state index in [1.54, 1.807) is 25.3 Å². The lowest BCUT2D eigenvalue weighted by atomic mass is 10.1. The van der Waals surface area contributed by atoms with Crippen LogP contribution in [-0.2, 0) is 0 Å². The summed E-state index contributed by atoms with van der Waals surface area (Å²) in [6.07, 6.45) is 1.72. The first kappa shape index (κ1) is 15.2. The van der Waals surface area contributed by atoms with Crippen molar-refractivity contribution in [2.75, 3.05) is 13.7 Å². The van der Waals surface area contributed by atoms with Crippen molar-refractivity contribution < 1.29 is 19.0 Å². The number of hydrogen-bond acceptors (Lipinski definition) is 4. The van der Waals surface area contributed by atoms with Crippen LogP contribution in [0.25, 0.3) is 6.08 Å². The molecule has 0 N–H and O–H groups in total. The summed E-state index contributed by atoms with van der Waals surface area (Å²) in [5.74, 6) is 2.16. The fourth-order valence-corrected chi connectivity index (χ4v) is 2.62. The highest BCUT2D eigenvalue weighted by Crippen LogP contribution is 2.39. The third kappa shape index (κ3) is 2.68. The number of Topliss-reactive ketones (excluding diaryl/α,β-unsaturated/α-hetero) is 1. The van der Waals surface area contributed by atoms with E-state index in [0.29, 0.717) is 29.4 Å². The van der Waals surface area contributed by atoms with Gasteiger partial charge >= 0.3 is 0 Å². The quantitative estimate of drug-likeness (QED) is 0.800. The van der Waals surface area contributed by atoms with Crippen LogP contribution < -0.4 is 14.2 Å². The fraction of sp³-hybridized carbons (Fsp3) is 0.211. The van der Waals surface area contributed by atoms with Crippen LogP contribution in [0.1, 0.15) is 28.4 Å².